The number of likely N-dealkylation sites (N-methyl/N-ethyl adjacent to an activating group) is 1. The Morgan fingerprint density at radius 3 is 2.81 bits per heavy atom. The summed E-state index contributed by atoms with van der Waals surface area (Å²) in [6.45, 7) is 6.25. The van der Waals surface area contributed by atoms with Gasteiger partial charge in [-0.1, -0.05) is 41.1 Å². The van der Waals surface area contributed by atoms with Crippen LogP contribution in [0, 0.1) is 0 Å². The second-order valence-corrected chi connectivity index (χ2v) is 6.80. The van der Waals surface area contributed by atoms with Crippen LogP contribution in [0.2, 0.25) is 0 Å². The van der Waals surface area contributed by atoms with E-state index in [1.807, 2.05) is 0 Å². The first kappa shape index (κ1) is 16.9. The number of nitrogens with one attached hydrogen (secondary N) is 1. The molecule has 21 heavy (non-hydrogen) atoms. The average molecular weight is 355 g/mol. The maximum Gasteiger partial charge on any atom is 0.0707 e. The van der Waals surface area contributed by atoms with E-state index in [0.717, 1.165) is 26.2 Å². The minimum atomic E-state index is 0.380. The van der Waals surface area contributed by atoms with Gasteiger partial charge < -0.3 is 10.1 Å². The fourth-order valence-electron chi connectivity index (χ4n) is 2.83. The lowest BCUT2D eigenvalue weighted by atomic mass is 10.1. The Balaban J connectivity index is 1.71. The SMILES string of the molecule is CCCNCC1CCC(CN(C)Cc2ccccc2Br)O1. The highest BCUT2D eigenvalue weighted by atomic mass is 79.9. The molecular formula is C17H27BrN2O. The summed E-state index contributed by atoms with van der Waals surface area (Å²) >= 11 is 3.62. The van der Waals surface area contributed by atoms with Gasteiger partial charge in [-0.2, -0.15) is 0 Å². The second-order valence-electron chi connectivity index (χ2n) is 5.95. The Hall–Kier alpha value is -0.420. The van der Waals surface area contributed by atoms with E-state index in [4.69, 9.17) is 4.74 Å². The highest BCUT2D eigenvalue weighted by molar-refractivity contribution is 9.10. The molecule has 1 aromatic rings. The van der Waals surface area contributed by atoms with Gasteiger partial charge in [-0.15, -0.1) is 0 Å². The summed E-state index contributed by atoms with van der Waals surface area (Å²) < 4.78 is 7.32. The van der Waals surface area contributed by atoms with Crippen LogP contribution in [0.5, 0.6) is 0 Å². The molecule has 2 rings (SSSR count). The molecule has 2 unspecified atom stereocenters. The Kier molecular flexibility index (Phi) is 7.17. The maximum atomic E-state index is 6.13. The molecule has 1 fully saturated rings. The van der Waals surface area contributed by atoms with Crippen LogP contribution in [0.1, 0.15) is 31.7 Å². The van der Waals surface area contributed by atoms with Gasteiger partial charge in [-0.05, 0) is 44.5 Å². The molecule has 1 N–H and O–H groups in total. The fraction of sp³-hybridized carbons (Fsp3) is 0.647. The van der Waals surface area contributed by atoms with Crippen molar-refractivity contribution in [3.8, 4) is 0 Å². The largest absolute Gasteiger partial charge is 0.372 e. The Labute approximate surface area is 137 Å². The third-order valence-corrected chi connectivity index (χ3v) is 4.68. The molecule has 1 aliphatic rings. The summed E-state index contributed by atoms with van der Waals surface area (Å²) in [6, 6.07) is 8.43. The molecule has 0 bridgehead atoms. The van der Waals surface area contributed by atoms with E-state index >= 15 is 0 Å². The van der Waals surface area contributed by atoms with E-state index in [0.29, 0.717) is 12.2 Å². The summed E-state index contributed by atoms with van der Waals surface area (Å²) in [5.74, 6) is 0. The van der Waals surface area contributed by atoms with Crippen molar-refractivity contribution in [3.63, 3.8) is 0 Å². The molecule has 3 nitrogen and oxygen atoms in total. The number of halogens is 1. The second kappa shape index (κ2) is 8.89. The van der Waals surface area contributed by atoms with Crippen molar-refractivity contribution < 1.29 is 4.74 Å². The van der Waals surface area contributed by atoms with Gasteiger partial charge in [0.2, 0.25) is 0 Å². The summed E-state index contributed by atoms with van der Waals surface area (Å²) in [7, 11) is 2.17. The van der Waals surface area contributed by atoms with Gasteiger partial charge in [-0.3, -0.25) is 4.90 Å². The first-order valence-electron chi connectivity index (χ1n) is 7.97. The van der Waals surface area contributed by atoms with Crippen LogP contribution in [0.25, 0.3) is 0 Å². The topological polar surface area (TPSA) is 24.5 Å². The lowest BCUT2D eigenvalue weighted by Crippen LogP contribution is -2.32. The zero-order chi connectivity index (χ0) is 15.1. The lowest BCUT2D eigenvalue weighted by Gasteiger charge is -2.22. The Morgan fingerprint density at radius 2 is 2.05 bits per heavy atom. The first-order chi connectivity index (χ1) is 10.2. The summed E-state index contributed by atoms with van der Waals surface area (Å²) in [5.41, 5.74) is 1.33. The highest BCUT2D eigenvalue weighted by Gasteiger charge is 2.25. The molecule has 1 aliphatic heterocycles. The van der Waals surface area contributed by atoms with Crippen molar-refractivity contribution in [2.45, 2.75) is 44.9 Å². The molecule has 0 spiro atoms. The van der Waals surface area contributed by atoms with E-state index in [-0.39, 0.29) is 0 Å². The minimum Gasteiger partial charge on any atom is -0.372 e. The van der Waals surface area contributed by atoms with Crippen molar-refractivity contribution in [2.24, 2.45) is 0 Å². The van der Waals surface area contributed by atoms with Crippen molar-refractivity contribution in [1.82, 2.24) is 10.2 Å². The maximum absolute atomic E-state index is 6.13. The lowest BCUT2D eigenvalue weighted by molar-refractivity contribution is 0.0268. The van der Waals surface area contributed by atoms with Crippen LogP contribution in [0.3, 0.4) is 0 Å². The number of nitrogens with zero attached hydrogens (tertiary/aromatic N) is 1. The normalized spacial score (nSPS) is 22.1. The Bertz CT molecular complexity index is 427. The summed E-state index contributed by atoms with van der Waals surface area (Å²) in [5, 5.41) is 3.45. The fourth-order valence-corrected chi connectivity index (χ4v) is 3.24. The van der Waals surface area contributed by atoms with Crippen molar-refractivity contribution in [1.29, 1.82) is 0 Å². The number of rotatable bonds is 8. The standard InChI is InChI=1S/C17H27BrN2O/c1-3-10-19-11-15-8-9-16(21-15)13-20(2)12-14-6-4-5-7-17(14)18/h4-7,15-16,19H,3,8-13H2,1-2H3. The van der Waals surface area contributed by atoms with E-state index in [2.05, 4.69) is 64.4 Å². The summed E-state index contributed by atoms with van der Waals surface area (Å²) in [4.78, 5) is 2.35. The molecule has 1 aromatic carbocycles. The summed E-state index contributed by atoms with van der Waals surface area (Å²) in [6.07, 6.45) is 4.33. The molecule has 0 saturated carbocycles. The molecule has 0 radical (unpaired) electrons. The number of benzene rings is 1. The molecule has 0 aromatic heterocycles. The molecule has 1 saturated heterocycles. The van der Waals surface area contributed by atoms with Crippen molar-refractivity contribution in [2.75, 3.05) is 26.7 Å². The van der Waals surface area contributed by atoms with Gasteiger partial charge in [0.05, 0.1) is 12.2 Å². The first-order valence-corrected chi connectivity index (χ1v) is 8.76. The van der Waals surface area contributed by atoms with Crippen LogP contribution in [0.15, 0.2) is 28.7 Å². The van der Waals surface area contributed by atoms with Crippen LogP contribution in [-0.4, -0.2) is 43.8 Å². The van der Waals surface area contributed by atoms with Crippen molar-refractivity contribution >= 4 is 15.9 Å². The zero-order valence-electron chi connectivity index (χ0n) is 13.1. The van der Waals surface area contributed by atoms with Crippen LogP contribution < -0.4 is 5.32 Å². The number of ether oxygens (including phenoxy) is 1. The third kappa shape index (κ3) is 5.70. The highest BCUT2D eigenvalue weighted by Crippen LogP contribution is 2.22. The molecule has 118 valence electrons. The van der Waals surface area contributed by atoms with Gasteiger partial charge in [0.15, 0.2) is 0 Å². The van der Waals surface area contributed by atoms with Gasteiger partial charge in [0.25, 0.3) is 0 Å². The van der Waals surface area contributed by atoms with Gasteiger partial charge in [0.1, 0.15) is 0 Å². The van der Waals surface area contributed by atoms with Crippen molar-refractivity contribution in [3.05, 3.63) is 34.3 Å². The zero-order valence-corrected chi connectivity index (χ0v) is 14.7. The molecular weight excluding hydrogens is 328 g/mol. The van der Waals surface area contributed by atoms with Gasteiger partial charge in [0, 0.05) is 24.1 Å². The smallest absolute Gasteiger partial charge is 0.0707 e. The van der Waals surface area contributed by atoms with Gasteiger partial charge in [-0.25, -0.2) is 0 Å². The molecule has 1 heterocycles. The van der Waals surface area contributed by atoms with Crippen LogP contribution in [0.4, 0.5) is 0 Å². The quantitative estimate of drug-likeness (QED) is 0.723. The minimum absolute atomic E-state index is 0.380. The molecule has 0 amide bonds. The number of hydrogen-bond donors (Lipinski definition) is 1. The predicted molar refractivity (Wildman–Crippen MR) is 91.5 cm³/mol. The number of hydrogen-bond acceptors (Lipinski definition) is 3. The molecule has 2 atom stereocenters. The average Bonchev–Trinajstić information content (AvgIpc) is 2.89. The van der Waals surface area contributed by atoms with Crippen LogP contribution >= 0.6 is 15.9 Å². The molecule has 0 aliphatic carbocycles. The van der Waals surface area contributed by atoms with Gasteiger partial charge >= 0.3 is 0 Å². The van der Waals surface area contributed by atoms with E-state index in [1.165, 1.54) is 29.3 Å². The van der Waals surface area contributed by atoms with E-state index in [1.54, 1.807) is 0 Å². The van der Waals surface area contributed by atoms with E-state index in [9.17, 15) is 0 Å². The third-order valence-electron chi connectivity index (χ3n) is 3.91. The Morgan fingerprint density at radius 1 is 1.29 bits per heavy atom. The molecule has 4 heteroatoms. The van der Waals surface area contributed by atoms with E-state index < -0.39 is 0 Å². The van der Waals surface area contributed by atoms with Crippen LogP contribution in [-0.2, 0) is 11.3 Å². The monoisotopic (exact) mass is 354 g/mol. The predicted octanol–water partition coefficient (Wildman–Crippen LogP) is 3.43.